The monoisotopic (exact) mass is 506 g/mol. The summed E-state index contributed by atoms with van der Waals surface area (Å²) in [6.07, 6.45) is 1.54. The van der Waals surface area contributed by atoms with Gasteiger partial charge in [0.25, 0.3) is 11.8 Å². The van der Waals surface area contributed by atoms with Crippen LogP contribution in [0, 0.1) is 0 Å². The highest BCUT2D eigenvalue weighted by Crippen LogP contribution is 2.27. The normalized spacial score (nSPS) is 14.4. The lowest BCUT2D eigenvalue weighted by molar-refractivity contribution is -0.122. The summed E-state index contributed by atoms with van der Waals surface area (Å²) in [5.74, 6) is 0.953. The number of carbonyl (C=O) groups excluding carboxylic acids is 2. The molecule has 0 aromatic heterocycles. The second-order valence-electron chi connectivity index (χ2n) is 8.21. The van der Waals surface area contributed by atoms with Crippen molar-refractivity contribution in [3.8, 4) is 17.2 Å². The maximum atomic E-state index is 13.3. The molecule has 0 bridgehead atoms. The van der Waals surface area contributed by atoms with Crippen LogP contribution in [0.4, 0.5) is 5.69 Å². The first-order chi connectivity index (χ1) is 18.1. The van der Waals surface area contributed by atoms with Crippen LogP contribution in [-0.2, 0) is 16.2 Å². The molecule has 1 fully saturated rings. The summed E-state index contributed by atoms with van der Waals surface area (Å²) in [4.78, 5) is 27.2. The van der Waals surface area contributed by atoms with Crippen LogP contribution in [0.2, 0.25) is 0 Å². The van der Waals surface area contributed by atoms with Gasteiger partial charge >= 0.3 is 0 Å². The van der Waals surface area contributed by atoms with E-state index in [1.54, 1.807) is 54.6 Å². The number of rotatable bonds is 7. The number of ether oxygens (including phenoxy) is 2. The number of para-hydroxylation sites is 1. The van der Waals surface area contributed by atoms with Crippen molar-refractivity contribution < 1.29 is 19.1 Å². The first kappa shape index (κ1) is 24.0. The Bertz CT molecular complexity index is 1450. The zero-order valence-electron chi connectivity index (χ0n) is 19.7. The Morgan fingerprint density at radius 3 is 2.00 bits per heavy atom. The van der Waals surface area contributed by atoms with Gasteiger partial charge in [-0.05, 0) is 78.0 Å². The predicted molar refractivity (Wildman–Crippen MR) is 146 cm³/mol. The van der Waals surface area contributed by atoms with Crippen molar-refractivity contribution in [3.63, 3.8) is 0 Å². The Morgan fingerprint density at radius 2 is 1.32 bits per heavy atom. The molecule has 182 valence electrons. The van der Waals surface area contributed by atoms with Gasteiger partial charge in [-0.25, -0.2) is 0 Å². The molecule has 0 unspecified atom stereocenters. The fourth-order valence-corrected chi connectivity index (χ4v) is 4.03. The molecule has 0 atom stereocenters. The minimum absolute atomic E-state index is 0.0174. The second-order valence-corrected chi connectivity index (χ2v) is 8.60. The van der Waals surface area contributed by atoms with Crippen molar-refractivity contribution in [2.45, 2.75) is 6.61 Å². The fraction of sp³-hybridized carbons (Fsp3) is 0.0333. The highest BCUT2D eigenvalue weighted by molar-refractivity contribution is 7.80. The van der Waals surface area contributed by atoms with E-state index in [1.165, 1.54) is 4.90 Å². The van der Waals surface area contributed by atoms with E-state index in [0.717, 1.165) is 5.56 Å². The molecule has 0 radical (unpaired) electrons. The van der Waals surface area contributed by atoms with E-state index in [0.29, 0.717) is 35.1 Å². The first-order valence-electron chi connectivity index (χ1n) is 11.6. The third-order valence-corrected chi connectivity index (χ3v) is 5.90. The topological polar surface area (TPSA) is 67.9 Å². The maximum absolute atomic E-state index is 13.3. The van der Waals surface area contributed by atoms with Gasteiger partial charge in [0.1, 0.15) is 29.4 Å². The molecule has 6 nitrogen and oxygen atoms in total. The van der Waals surface area contributed by atoms with E-state index in [9.17, 15) is 9.59 Å². The number of nitrogens with one attached hydrogen (secondary N) is 1. The largest absolute Gasteiger partial charge is 0.489 e. The van der Waals surface area contributed by atoms with Crippen molar-refractivity contribution >= 4 is 40.9 Å². The van der Waals surface area contributed by atoms with Crippen LogP contribution in [0.15, 0.2) is 115 Å². The van der Waals surface area contributed by atoms with Crippen LogP contribution in [0.5, 0.6) is 17.2 Å². The number of nitrogens with zero attached hydrogens (tertiary/aromatic N) is 1. The summed E-state index contributed by atoms with van der Waals surface area (Å²) in [6.45, 7) is 0.448. The molecule has 4 aromatic carbocycles. The number of thiocarbonyl (C=S) groups is 1. The van der Waals surface area contributed by atoms with Crippen LogP contribution < -0.4 is 19.7 Å². The maximum Gasteiger partial charge on any atom is 0.270 e. The highest BCUT2D eigenvalue weighted by Gasteiger charge is 2.34. The molecule has 1 aliphatic rings. The molecule has 1 saturated heterocycles. The molecule has 1 heterocycles. The standard InChI is InChI=1S/C30H22N2O4S/c33-28-27(19-21-11-15-24(16-12-21)35-20-22-7-3-1-4-8-22)29(34)32(30(37)31-28)23-13-17-26(18-14-23)36-25-9-5-2-6-10-25/h1-19H,20H2,(H,31,33,37)/b27-19+. The Hall–Kier alpha value is -4.75. The van der Waals surface area contributed by atoms with E-state index in [-0.39, 0.29) is 10.7 Å². The number of anilines is 1. The van der Waals surface area contributed by atoms with Gasteiger partial charge in [0.05, 0.1) is 5.69 Å². The van der Waals surface area contributed by atoms with Gasteiger partial charge in [-0.3, -0.25) is 19.8 Å². The molecule has 1 N–H and O–H groups in total. The zero-order valence-corrected chi connectivity index (χ0v) is 20.5. The quantitative estimate of drug-likeness (QED) is 0.192. The van der Waals surface area contributed by atoms with Crippen LogP contribution >= 0.6 is 12.2 Å². The van der Waals surface area contributed by atoms with Crippen molar-refractivity contribution in [3.05, 3.63) is 126 Å². The first-order valence-corrected chi connectivity index (χ1v) is 12.0. The number of hydrogen-bond acceptors (Lipinski definition) is 5. The van der Waals surface area contributed by atoms with E-state index in [2.05, 4.69) is 5.32 Å². The Labute approximate surface area is 219 Å². The lowest BCUT2D eigenvalue weighted by Gasteiger charge is -2.29. The Balaban J connectivity index is 1.30. The number of amides is 2. The smallest absolute Gasteiger partial charge is 0.270 e. The zero-order chi connectivity index (χ0) is 25.6. The van der Waals surface area contributed by atoms with Gasteiger partial charge in [-0.2, -0.15) is 0 Å². The van der Waals surface area contributed by atoms with E-state index in [1.807, 2.05) is 60.7 Å². The molecule has 0 saturated carbocycles. The predicted octanol–water partition coefficient (Wildman–Crippen LogP) is 5.89. The summed E-state index contributed by atoms with van der Waals surface area (Å²) in [5, 5.41) is 2.63. The number of benzene rings is 4. The van der Waals surface area contributed by atoms with Crippen LogP contribution in [-0.4, -0.2) is 16.9 Å². The minimum atomic E-state index is -0.542. The minimum Gasteiger partial charge on any atom is -0.489 e. The van der Waals surface area contributed by atoms with Gasteiger partial charge in [-0.1, -0.05) is 60.7 Å². The molecule has 4 aromatic rings. The molecule has 7 heteroatoms. The summed E-state index contributed by atoms with van der Waals surface area (Å²) >= 11 is 5.30. The van der Waals surface area contributed by atoms with Gasteiger partial charge in [-0.15, -0.1) is 0 Å². The molecular formula is C30H22N2O4S. The van der Waals surface area contributed by atoms with Crippen molar-refractivity contribution in [1.29, 1.82) is 0 Å². The Morgan fingerprint density at radius 1 is 0.730 bits per heavy atom. The fourth-order valence-electron chi connectivity index (χ4n) is 3.75. The average molecular weight is 507 g/mol. The molecule has 0 spiro atoms. The van der Waals surface area contributed by atoms with Gasteiger partial charge in [0.2, 0.25) is 0 Å². The summed E-state index contributed by atoms with van der Waals surface area (Å²) in [6, 6.07) is 33.4. The second kappa shape index (κ2) is 10.9. The lowest BCUT2D eigenvalue weighted by Crippen LogP contribution is -2.54. The third kappa shape index (κ3) is 5.74. The summed E-state index contributed by atoms with van der Waals surface area (Å²) in [7, 11) is 0. The molecular weight excluding hydrogens is 484 g/mol. The average Bonchev–Trinajstić information content (AvgIpc) is 2.92. The van der Waals surface area contributed by atoms with Crippen LogP contribution in [0.25, 0.3) is 6.08 Å². The van der Waals surface area contributed by atoms with E-state index >= 15 is 0 Å². The van der Waals surface area contributed by atoms with Gasteiger partial charge in [0.15, 0.2) is 5.11 Å². The Kier molecular flexibility index (Phi) is 7.05. The summed E-state index contributed by atoms with van der Waals surface area (Å²) in [5.41, 5.74) is 2.25. The van der Waals surface area contributed by atoms with Crippen LogP contribution in [0.1, 0.15) is 11.1 Å². The van der Waals surface area contributed by atoms with E-state index in [4.69, 9.17) is 21.7 Å². The number of hydrogen-bond donors (Lipinski definition) is 1. The van der Waals surface area contributed by atoms with Crippen molar-refractivity contribution in [2.24, 2.45) is 0 Å². The lowest BCUT2D eigenvalue weighted by atomic mass is 10.1. The van der Waals surface area contributed by atoms with Crippen LogP contribution in [0.3, 0.4) is 0 Å². The molecule has 0 aliphatic carbocycles. The van der Waals surface area contributed by atoms with Crippen molar-refractivity contribution in [2.75, 3.05) is 4.90 Å². The molecule has 5 rings (SSSR count). The summed E-state index contributed by atoms with van der Waals surface area (Å²) < 4.78 is 11.6. The van der Waals surface area contributed by atoms with E-state index < -0.39 is 11.8 Å². The van der Waals surface area contributed by atoms with Crippen molar-refractivity contribution in [1.82, 2.24) is 5.32 Å². The van der Waals surface area contributed by atoms with Gasteiger partial charge < -0.3 is 9.47 Å². The third-order valence-electron chi connectivity index (χ3n) is 5.61. The molecule has 1 aliphatic heterocycles. The van der Waals surface area contributed by atoms with Gasteiger partial charge in [0, 0.05) is 0 Å². The molecule has 2 amide bonds. The number of carbonyl (C=O) groups is 2. The highest BCUT2D eigenvalue weighted by atomic mass is 32.1. The SMILES string of the molecule is O=C1NC(=S)N(c2ccc(Oc3ccccc3)cc2)C(=O)/C1=C/c1ccc(OCc2ccccc2)cc1. The molecule has 37 heavy (non-hydrogen) atoms.